The molecule has 4 rings (SSSR count). The highest BCUT2D eigenvalue weighted by Gasteiger charge is 2.31. The van der Waals surface area contributed by atoms with Gasteiger partial charge in [-0.1, -0.05) is 97.1 Å². The topological polar surface area (TPSA) is 77.0 Å². The quantitative estimate of drug-likeness (QED) is 0.166. The van der Waals surface area contributed by atoms with E-state index in [-0.39, 0.29) is 12.6 Å². The van der Waals surface area contributed by atoms with Crippen molar-refractivity contribution >= 4 is 5.97 Å². The number of benzene rings is 4. The highest BCUT2D eigenvalue weighted by atomic mass is 16.5. The number of hydrogen-bond acceptors (Lipinski definition) is 6. The molecule has 0 aliphatic rings. The second kappa shape index (κ2) is 15.6. The van der Waals surface area contributed by atoms with Crippen LogP contribution in [-0.4, -0.2) is 29.8 Å². The molecular formula is C35H39NO5. The van der Waals surface area contributed by atoms with E-state index in [1.54, 1.807) is 25.1 Å². The molecule has 0 aliphatic heterocycles. The van der Waals surface area contributed by atoms with Crippen molar-refractivity contribution in [2.24, 2.45) is 0 Å². The molecule has 0 fully saturated rings. The maximum atomic E-state index is 13.0. The molecule has 2 N–H and O–H groups in total. The lowest BCUT2D eigenvalue weighted by atomic mass is 9.99. The van der Waals surface area contributed by atoms with Crippen LogP contribution in [-0.2, 0) is 29.2 Å². The largest absolute Gasteiger partial charge is 0.485 e. The number of hydrogen-bond donors (Lipinski definition) is 2. The molecule has 0 aromatic heterocycles. The van der Waals surface area contributed by atoms with Crippen molar-refractivity contribution in [2.75, 3.05) is 6.61 Å². The zero-order chi connectivity index (χ0) is 28.9. The van der Waals surface area contributed by atoms with Crippen molar-refractivity contribution in [1.29, 1.82) is 0 Å². The third-order valence-corrected chi connectivity index (χ3v) is 6.81. The maximum Gasteiger partial charge on any atom is 0.326 e. The Morgan fingerprint density at radius 2 is 1.29 bits per heavy atom. The molecule has 214 valence electrons. The lowest BCUT2D eigenvalue weighted by Gasteiger charge is -2.27. The van der Waals surface area contributed by atoms with E-state index >= 15 is 0 Å². The summed E-state index contributed by atoms with van der Waals surface area (Å²) < 4.78 is 17.6. The van der Waals surface area contributed by atoms with Crippen LogP contribution < -0.4 is 14.8 Å². The summed E-state index contributed by atoms with van der Waals surface area (Å²) in [6.07, 6.45) is 0.492. The second-order valence-electron chi connectivity index (χ2n) is 10.0. The Balaban J connectivity index is 1.52. The first-order chi connectivity index (χ1) is 20.0. The molecule has 41 heavy (non-hydrogen) atoms. The zero-order valence-corrected chi connectivity index (χ0v) is 23.7. The average Bonchev–Trinajstić information content (AvgIpc) is 3.02. The molecule has 0 spiro atoms. The SMILES string of the molecule is CCOC(=O)[C@@H](NC(C)CCc1ccccc1)C(O)c1ccc(OCc2ccccc2)c(OCc2ccccc2)c1. The number of esters is 1. The Morgan fingerprint density at radius 3 is 1.85 bits per heavy atom. The number of rotatable bonds is 15. The van der Waals surface area contributed by atoms with Gasteiger partial charge in [-0.3, -0.25) is 10.1 Å². The number of ether oxygens (including phenoxy) is 3. The summed E-state index contributed by atoms with van der Waals surface area (Å²) in [7, 11) is 0. The number of aliphatic hydroxyl groups is 1. The Kier molecular flexibility index (Phi) is 11.4. The van der Waals surface area contributed by atoms with Crippen LogP contribution in [0.15, 0.2) is 109 Å². The minimum Gasteiger partial charge on any atom is -0.485 e. The van der Waals surface area contributed by atoms with Crippen LogP contribution in [0.1, 0.15) is 48.6 Å². The summed E-state index contributed by atoms with van der Waals surface area (Å²) in [5, 5.41) is 14.8. The number of carbonyl (C=O) groups excluding carboxylic acids is 1. The maximum absolute atomic E-state index is 13.0. The normalized spacial score (nSPS) is 13.1. The first-order valence-corrected chi connectivity index (χ1v) is 14.2. The molecule has 4 aromatic rings. The van der Waals surface area contributed by atoms with Gasteiger partial charge in [0.2, 0.25) is 0 Å². The molecule has 0 heterocycles. The summed E-state index contributed by atoms with van der Waals surface area (Å²) in [5.74, 6) is 0.543. The van der Waals surface area contributed by atoms with Gasteiger partial charge >= 0.3 is 5.97 Å². The molecule has 6 heteroatoms. The van der Waals surface area contributed by atoms with Crippen LogP contribution >= 0.6 is 0 Å². The number of carbonyl (C=O) groups is 1. The first-order valence-electron chi connectivity index (χ1n) is 14.2. The average molecular weight is 554 g/mol. The van der Waals surface area contributed by atoms with Gasteiger partial charge in [-0.15, -0.1) is 0 Å². The van der Waals surface area contributed by atoms with E-state index in [4.69, 9.17) is 14.2 Å². The van der Waals surface area contributed by atoms with Crippen molar-refractivity contribution in [1.82, 2.24) is 5.32 Å². The first kappa shape index (κ1) is 29.8. The molecule has 3 atom stereocenters. The standard InChI is InChI=1S/C35H39NO5/c1-3-39-35(38)33(36-26(2)19-20-27-13-7-4-8-14-27)34(37)30-21-22-31(40-24-28-15-9-5-10-16-28)32(23-30)41-25-29-17-11-6-12-18-29/h4-18,21-23,26,33-34,36-37H,3,19-20,24-25H2,1-2H3/t26?,33-,34?/m0/s1. The highest BCUT2D eigenvalue weighted by molar-refractivity contribution is 5.77. The fourth-order valence-corrected chi connectivity index (χ4v) is 4.54. The van der Waals surface area contributed by atoms with Gasteiger partial charge in [0.25, 0.3) is 0 Å². The summed E-state index contributed by atoms with van der Waals surface area (Å²) in [6, 6.07) is 34.2. The minimum atomic E-state index is -1.16. The van der Waals surface area contributed by atoms with Gasteiger partial charge in [-0.05, 0) is 61.1 Å². The van der Waals surface area contributed by atoms with Crippen LogP contribution in [0.25, 0.3) is 0 Å². The van der Waals surface area contributed by atoms with Crippen LogP contribution in [0.5, 0.6) is 11.5 Å². The summed E-state index contributed by atoms with van der Waals surface area (Å²) in [6.45, 7) is 4.69. The number of aryl methyl sites for hydroxylation is 1. The third kappa shape index (κ3) is 9.20. The number of aliphatic hydroxyl groups excluding tert-OH is 1. The van der Waals surface area contributed by atoms with Crippen LogP contribution in [0.2, 0.25) is 0 Å². The van der Waals surface area contributed by atoms with Crippen molar-refractivity contribution in [3.8, 4) is 11.5 Å². The smallest absolute Gasteiger partial charge is 0.326 e. The van der Waals surface area contributed by atoms with Gasteiger partial charge in [-0.25, -0.2) is 0 Å². The fraction of sp³-hybridized carbons (Fsp3) is 0.286. The van der Waals surface area contributed by atoms with E-state index in [1.165, 1.54) is 5.56 Å². The number of nitrogens with one attached hydrogen (secondary N) is 1. The summed E-state index contributed by atoms with van der Waals surface area (Å²) in [4.78, 5) is 13.0. The van der Waals surface area contributed by atoms with Gasteiger partial charge in [0, 0.05) is 6.04 Å². The molecule has 0 aliphatic carbocycles. The van der Waals surface area contributed by atoms with E-state index in [0.29, 0.717) is 30.3 Å². The molecule has 0 bridgehead atoms. The summed E-state index contributed by atoms with van der Waals surface area (Å²) in [5.41, 5.74) is 3.79. The second-order valence-corrected chi connectivity index (χ2v) is 10.0. The van der Waals surface area contributed by atoms with E-state index in [2.05, 4.69) is 17.4 Å². The van der Waals surface area contributed by atoms with Gasteiger partial charge in [-0.2, -0.15) is 0 Å². The molecule has 4 aromatic carbocycles. The third-order valence-electron chi connectivity index (χ3n) is 6.81. The van der Waals surface area contributed by atoms with Gasteiger partial charge in [0.1, 0.15) is 25.4 Å². The zero-order valence-electron chi connectivity index (χ0n) is 23.7. The molecule has 0 saturated carbocycles. The van der Waals surface area contributed by atoms with Gasteiger partial charge in [0.15, 0.2) is 11.5 Å². The van der Waals surface area contributed by atoms with Crippen LogP contribution in [0.4, 0.5) is 0 Å². The monoisotopic (exact) mass is 553 g/mol. The van der Waals surface area contributed by atoms with Gasteiger partial charge < -0.3 is 19.3 Å². The fourth-order valence-electron chi connectivity index (χ4n) is 4.54. The van der Waals surface area contributed by atoms with Crippen LogP contribution in [0.3, 0.4) is 0 Å². The lowest BCUT2D eigenvalue weighted by molar-refractivity contribution is -0.149. The van der Waals surface area contributed by atoms with Gasteiger partial charge in [0.05, 0.1) is 6.61 Å². The highest BCUT2D eigenvalue weighted by Crippen LogP contribution is 2.33. The van der Waals surface area contributed by atoms with E-state index in [1.807, 2.05) is 85.8 Å². The molecule has 0 amide bonds. The Hall–Kier alpha value is -4.13. The predicted octanol–water partition coefficient (Wildman–Crippen LogP) is 6.42. The summed E-state index contributed by atoms with van der Waals surface area (Å²) >= 11 is 0. The van der Waals surface area contributed by atoms with Crippen LogP contribution in [0, 0.1) is 0 Å². The molecular weight excluding hydrogens is 514 g/mol. The molecule has 6 nitrogen and oxygen atoms in total. The molecule has 0 saturated heterocycles. The van der Waals surface area contributed by atoms with Crippen molar-refractivity contribution < 1.29 is 24.1 Å². The molecule has 2 unspecified atom stereocenters. The van der Waals surface area contributed by atoms with E-state index in [0.717, 1.165) is 24.0 Å². The van der Waals surface area contributed by atoms with Crippen molar-refractivity contribution in [3.63, 3.8) is 0 Å². The Labute approximate surface area is 242 Å². The minimum absolute atomic E-state index is 0.0402. The van der Waals surface area contributed by atoms with E-state index in [9.17, 15) is 9.90 Å². The molecule has 0 radical (unpaired) electrons. The Bertz CT molecular complexity index is 1330. The van der Waals surface area contributed by atoms with E-state index < -0.39 is 18.1 Å². The Morgan fingerprint density at radius 1 is 0.756 bits per heavy atom. The van der Waals surface area contributed by atoms with Crippen molar-refractivity contribution in [3.05, 3.63) is 131 Å². The predicted molar refractivity (Wildman–Crippen MR) is 161 cm³/mol. The van der Waals surface area contributed by atoms with Crippen molar-refractivity contribution in [2.45, 2.75) is 58.1 Å². The lowest BCUT2D eigenvalue weighted by Crippen LogP contribution is -2.47.